The fraction of sp³-hybridized carbons (Fsp3) is 0.120. The van der Waals surface area contributed by atoms with E-state index in [1.807, 2.05) is 26.0 Å². The summed E-state index contributed by atoms with van der Waals surface area (Å²) in [7, 11) is 1.52. The minimum absolute atomic E-state index is 0.105. The average molecular weight is 434 g/mol. The molecule has 0 aliphatic heterocycles. The molecule has 0 spiro atoms. The smallest absolute Gasteiger partial charge is 0.255 e. The van der Waals surface area contributed by atoms with E-state index in [2.05, 4.69) is 5.32 Å². The monoisotopic (exact) mass is 433 g/mol. The van der Waals surface area contributed by atoms with Crippen molar-refractivity contribution in [3.8, 4) is 17.1 Å². The van der Waals surface area contributed by atoms with Crippen molar-refractivity contribution in [1.82, 2.24) is 0 Å². The minimum Gasteiger partial charge on any atom is -0.495 e. The lowest BCUT2D eigenvalue weighted by Crippen LogP contribution is -2.12. The summed E-state index contributed by atoms with van der Waals surface area (Å²) in [5, 5.41) is 3.96. The average Bonchev–Trinajstić information content (AvgIpc) is 2.76. The van der Waals surface area contributed by atoms with Crippen molar-refractivity contribution in [1.29, 1.82) is 0 Å². The highest BCUT2D eigenvalue weighted by Crippen LogP contribution is 2.31. The molecule has 4 rings (SSSR count). The van der Waals surface area contributed by atoms with Gasteiger partial charge in [-0.2, -0.15) is 0 Å². The van der Waals surface area contributed by atoms with Gasteiger partial charge in [0.15, 0.2) is 5.43 Å². The van der Waals surface area contributed by atoms with Gasteiger partial charge in [0.05, 0.1) is 18.2 Å². The summed E-state index contributed by atoms with van der Waals surface area (Å²) in [4.78, 5) is 25.2. The van der Waals surface area contributed by atoms with E-state index in [1.165, 1.54) is 13.2 Å². The molecule has 1 heterocycles. The van der Waals surface area contributed by atoms with Gasteiger partial charge in [0.25, 0.3) is 5.91 Å². The van der Waals surface area contributed by atoms with Crippen LogP contribution in [0.2, 0.25) is 5.02 Å². The highest BCUT2D eigenvalue weighted by atomic mass is 35.5. The number of benzene rings is 3. The van der Waals surface area contributed by atoms with Gasteiger partial charge in [-0.1, -0.05) is 35.4 Å². The molecule has 5 nitrogen and oxygen atoms in total. The summed E-state index contributed by atoms with van der Waals surface area (Å²) < 4.78 is 11.2. The normalized spacial score (nSPS) is 10.8. The number of carbonyl (C=O) groups is 1. The van der Waals surface area contributed by atoms with Crippen molar-refractivity contribution in [3.05, 3.63) is 92.6 Å². The zero-order valence-electron chi connectivity index (χ0n) is 17.3. The largest absolute Gasteiger partial charge is 0.495 e. The molecule has 3 aromatic carbocycles. The molecule has 0 saturated heterocycles. The number of ether oxygens (including phenoxy) is 1. The van der Waals surface area contributed by atoms with Gasteiger partial charge in [0.2, 0.25) is 0 Å². The van der Waals surface area contributed by atoms with Crippen LogP contribution in [-0.4, -0.2) is 13.0 Å². The number of anilines is 1. The maximum Gasteiger partial charge on any atom is 0.255 e. The second kappa shape index (κ2) is 8.28. The van der Waals surface area contributed by atoms with E-state index in [9.17, 15) is 9.59 Å². The first-order valence-corrected chi connectivity index (χ1v) is 10.0. The van der Waals surface area contributed by atoms with E-state index < -0.39 is 0 Å². The summed E-state index contributed by atoms with van der Waals surface area (Å²) in [6, 6.07) is 17.3. The molecule has 1 N–H and O–H groups in total. The van der Waals surface area contributed by atoms with Crippen molar-refractivity contribution in [2.24, 2.45) is 0 Å². The molecule has 0 saturated carbocycles. The topological polar surface area (TPSA) is 68.5 Å². The molecule has 4 aromatic rings. The van der Waals surface area contributed by atoms with Gasteiger partial charge in [0.1, 0.15) is 17.1 Å². The number of hydrogen-bond acceptors (Lipinski definition) is 4. The quantitative estimate of drug-likeness (QED) is 0.429. The molecular weight excluding hydrogens is 414 g/mol. The van der Waals surface area contributed by atoms with Crippen LogP contribution in [0.25, 0.3) is 22.3 Å². The molecule has 0 bridgehead atoms. The van der Waals surface area contributed by atoms with Crippen molar-refractivity contribution in [2.45, 2.75) is 13.8 Å². The van der Waals surface area contributed by atoms with Gasteiger partial charge >= 0.3 is 0 Å². The van der Waals surface area contributed by atoms with Crippen LogP contribution in [0.15, 0.2) is 69.9 Å². The zero-order chi connectivity index (χ0) is 22.1. The molecule has 156 valence electrons. The Labute approximate surface area is 184 Å². The van der Waals surface area contributed by atoms with Crippen LogP contribution >= 0.6 is 11.6 Å². The van der Waals surface area contributed by atoms with Gasteiger partial charge in [-0.3, -0.25) is 9.59 Å². The lowest BCUT2D eigenvalue weighted by atomic mass is 10.1. The van der Waals surface area contributed by atoms with Crippen LogP contribution in [-0.2, 0) is 0 Å². The van der Waals surface area contributed by atoms with E-state index in [4.69, 9.17) is 20.8 Å². The number of halogens is 1. The molecule has 31 heavy (non-hydrogen) atoms. The number of carbonyl (C=O) groups excluding carboxylic acids is 1. The fourth-order valence-corrected chi connectivity index (χ4v) is 3.48. The Bertz CT molecular complexity index is 1360. The maximum absolute atomic E-state index is 12.7. The molecule has 0 fully saturated rings. The number of fused-ring (bicyclic) bond motifs is 1. The van der Waals surface area contributed by atoms with Crippen LogP contribution in [0.1, 0.15) is 21.5 Å². The number of amides is 1. The third-order valence-corrected chi connectivity index (χ3v) is 5.45. The Hall–Kier alpha value is -3.57. The summed E-state index contributed by atoms with van der Waals surface area (Å²) in [5.74, 6) is 0.638. The van der Waals surface area contributed by atoms with Crippen LogP contribution in [0.3, 0.4) is 0 Å². The van der Waals surface area contributed by atoms with Crippen molar-refractivity contribution < 1.29 is 13.9 Å². The van der Waals surface area contributed by atoms with E-state index in [1.54, 1.807) is 42.5 Å². The first-order chi connectivity index (χ1) is 14.9. The minimum atomic E-state index is -0.290. The van der Waals surface area contributed by atoms with E-state index in [-0.39, 0.29) is 11.3 Å². The van der Waals surface area contributed by atoms with Crippen LogP contribution < -0.4 is 15.5 Å². The Kier molecular flexibility index (Phi) is 5.53. The Balaban J connectivity index is 1.61. The summed E-state index contributed by atoms with van der Waals surface area (Å²) in [5.41, 5.74) is 3.94. The SMILES string of the molecule is COc1cc(Cl)c(C)cc1NC(=O)c1ccc(-c2cc(=O)c3cc(C)ccc3o2)cc1. The molecule has 1 aromatic heterocycles. The number of aryl methyl sites for hydroxylation is 2. The van der Waals surface area contributed by atoms with Gasteiger partial charge < -0.3 is 14.5 Å². The van der Waals surface area contributed by atoms with Crippen molar-refractivity contribution in [2.75, 3.05) is 12.4 Å². The summed E-state index contributed by atoms with van der Waals surface area (Å²) >= 11 is 6.13. The molecular formula is C25H20ClNO4. The third kappa shape index (κ3) is 4.18. The maximum atomic E-state index is 12.7. The third-order valence-electron chi connectivity index (χ3n) is 5.04. The number of nitrogens with one attached hydrogen (secondary N) is 1. The Morgan fingerprint density at radius 3 is 2.45 bits per heavy atom. The predicted octanol–water partition coefficient (Wildman–Crippen LogP) is 5.99. The summed E-state index contributed by atoms with van der Waals surface area (Å²) in [6.45, 7) is 3.78. The second-order valence-corrected chi connectivity index (χ2v) is 7.71. The molecule has 0 aliphatic carbocycles. The van der Waals surface area contributed by atoms with Gasteiger partial charge in [-0.25, -0.2) is 0 Å². The van der Waals surface area contributed by atoms with Crippen molar-refractivity contribution in [3.63, 3.8) is 0 Å². The highest BCUT2D eigenvalue weighted by molar-refractivity contribution is 6.31. The van der Waals surface area contributed by atoms with Crippen molar-refractivity contribution >= 4 is 34.2 Å². The van der Waals surface area contributed by atoms with Gasteiger partial charge in [0, 0.05) is 28.3 Å². The number of methoxy groups -OCH3 is 1. The lowest BCUT2D eigenvalue weighted by molar-refractivity contribution is 0.102. The first kappa shape index (κ1) is 20.7. The fourth-order valence-electron chi connectivity index (χ4n) is 3.32. The Morgan fingerprint density at radius 2 is 1.74 bits per heavy atom. The van der Waals surface area contributed by atoms with Crippen LogP contribution in [0.4, 0.5) is 5.69 Å². The van der Waals surface area contributed by atoms with E-state index in [0.717, 1.165) is 11.1 Å². The Morgan fingerprint density at radius 1 is 1.00 bits per heavy atom. The highest BCUT2D eigenvalue weighted by Gasteiger charge is 2.13. The molecule has 0 unspecified atom stereocenters. The molecule has 0 aliphatic rings. The molecule has 0 atom stereocenters. The van der Waals surface area contributed by atoms with Crippen LogP contribution in [0, 0.1) is 13.8 Å². The molecule has 1 amide bonds. The predicted molar refractivity (Wildman–Crippen MR) is 123 cm³/mol. The second-order valence-electron chi connectivity index (χ2n) is 7.31. The zero-order valence-corrected chi connectivity index (χ0v) is 18.0. The molecule has 6 heteroatoms. The van der Waals surface area contributed by atoms with E-state index in [0.29, 0.717) is 44.3 Å². The standard InChI is InChI=1S/C25H20ClNO4/c1-14-4-9-22-18(10-14)21(28)13-23(31-22)16-5-7-17(8-6-16)25(29)27-20-11-15(2)19(26)12-24(20)30-3/h4-13H,1-3H3,(H,27,29). The summed E-state index contributed by atoms with van der Waals surface area (Å²) in [6.07, 6.45) is 0. The number of hydrogen-bond donors (Lipinski definition) is 1. The van der Waals surface area contributed by atoms with Gasteiger partial charge in [-0.05, 0) is 49.7 Å². The van der Waals surface area contributed by atoms with E-state index >= 15 is 0 Å². The molecule has 0 radical (unpaired) electrons. The lowest BCUT2D eigenvalue weighted by Gasteiger charge is -2.12. The van der Waals surface area contributed by atoms with Gasteiger partial charge in [-0.15, -0.1) is 0 Å². The van der Waals surface area contributed by atoms with Crippen LogP contribution in [0.5, 0.6) is 5.75 Å². The number of rotatable bonds is 4. The first-order valence-electron chi connectivity index (χ1n) is 9.66.